The summed E-state index contributed by atoms with van der Waals surface area (Å²) in [4.78, 5) is 16.3. The molecule has 1 aromatic carbocycles. The van der Waals surface area contributed by atoms with Gasteiger partial charge in [0.15, 0.2) is 0 Å². The van der Waals surface area contributed by atoms with E-state index in [-0.39, 0.29) is 11.3 Å². The standard InChI is InChI=1S/C24H33BrN2O/c25-19-9-10-20-18(14-19)11-12-24(20)16-26-15-21(24)23(28)27-13-5-4-8-22(27)17-6-2-1-3-7-17/h9-10,14,17,21-22,26H,1-8,11-13,15-16H2/t21-,22-,24?/m0/s1. The molecule has 3 atom stereocenters. The third-order valence-corrected chi connectivity index (χ3v) is 8.72. The summed E-state index contributed by atoms with van der Waals surface area (Å²) < 4.78 is 1.16. The first-order valence-electron chi connectivity index (χ1n) is 11.5. The van der Waals surface area contributed by atoms with Gasteiger partial charge in [0.1, 0.15) is 0 Å². The Labute approximate surface area is 177 Å². The van der Waals surface area contributed by atoms with Crippen LogP contribution in [0.5, 0.6) is 0 Å². The zero-order valence-electron chi connectivity index (χ0n) is 16.9. The number of rotatable bonds is 2. The maximum atomic E-state index is 14.0. The van der Waals surface area contributed by atoms with Crippen molar-refractivity contribution in [2.75, 3.05) is 19.6 Å². The lowest BCUT2D eigenvalue weighted by Gasteiger charge is -2.44. The van der Waals surface area contributed by atoms with E-state index in [0.29, 0.717) is 11.9 Å². The van der Waals surface area contributed by atoms with Crippen LogP contribution in [0.15, 0.2) is 22.7 Å². The summed E-state index contributed by atoms with van der Waals surface area (Å²) in [6, 6.07) is 7.23. The average molecular weight is 445 g/mol. The molecule has 1 N–H and O–H groups in total. The van der Waals surface area contributed by atoms with Gasteiger partial charge in [-0.3, -0.25) is 4.79 Å². The number of carbonyl (C=O) groups excluding carboxylic acids is 1. The highest BCUT2D eigenvalue weighted by molar-refractivity contribution is 9.10. The number of fused-ring (bicyclic) bond motifs is 2. The molecule has 1 spiro atoms. The van der Waals surface area contributed by atoms with Gasteiger partial charge in [-0.05, 0) is 74.1 Å². The second-order valence-corrected chi connectivity index (χ2v) is 10.5. The van der Waals surface area contributed by atoms with Crippen molar-refractivity contribution in [3.63, 3.8) is 0 Å². The van der Waals surface area contributed by atoms with Crippen LogP contribution in [0.4, 0.5) is 0 Å². The van der Waals surface area contributed by atoms with Crippen LogP contribution in [0.1, 0.15) is 68.9 Å². The number of halogens is 1. The molecule has 0 bridgehead atoms. The highest BCUT2D eigenvalue weighted by Gasteiger charge is 2.53. The van der Waals surface area contributed by atoms with Crippen LogP contribution in [0, 0.1) is 11.8 Å². The van der Waals surface area contributed by atoms with Crippen LogP contribution < -0.4 is 5.32 Å². The smallest absolute Gasteiger partial charge is 0.228 e. The zero-order valence-corrected chi connectivity index (χ0v) is 18.5. The Balaban J connectivity index is 1.42. The van der Waals surface area contributed by atoms with Crippen molar-refractivity contribution in [3.05, 3.63) is 33.8 Å². The number of nitrogens with one attached hydrogen (secondary N) is 1. The van der Waals surface area contributed by atoms with Crippen molar-refractivity contribution in [3.8, 4) is 0 Å². The van der Waals surface area contributed by atoms with E-state index in [1.54, 1.807) is 0 Å². The zero-order chi connectivity index (χ0) is 19.1. The highest BCUT2D eigenvalue weighted by Crippen LogP contribution is 2.48. The fourth-order valence-corrected chi connectivity index (χ4v) is 7.22. The van der Waals surface area contributed by atoms with Gasteiger partial charge in [-0.1, -0.05) is 41.3 Å². The maximum Gasteiger partial charge on any atom is 0.228 e. The molecule has 2 aliphatic carbocycles. The van der Waals surface area contributed by atoms with Crippen LogP contribution in [0.2, 0.25) is 0 Å². The number of nitrogens with zero attached hydrogens (tertiary/aromatic N) is 1. The molecule has 152 valence electrons. The van der Waals surface area contributed by atoms with E-state index >= 15 is 0 Å². The van der Waals surface area contributed by atoms with Crippen molar-refractivity contribution in [2.45, 2.75) is 75.7 Å². The minimum Gasteiger partial charge on any atom is -0.339 e. The molecule has 4 heteroatoms. The Kier molecular flexibility index (Phi) is 5.29. The van der Waals surface area contributed by atoms with Crippen molar-refractivity contribution in [1.29, 1.82) is 0 Å². The molecule has 2 saturated heterocycles. The van der Waals surface area contributed by atoms with E-state index in [1.165, 1.54) is 62.5 Å². The third-order valence-electron chi connectivity index (χ3n) is 8.22. The fourth-order valence-electron chi connectivity index (χ4n) is 6.81. The van der Waals surface area contributed by atoms with Crippen molar-refractivity contribution in [2.24, 2.45) is 11.8 Å². The first-order valence-corrected chi connectivity index (χ1v) is 12.3. The van der Waals surface area contributed by atoms with Crippen LogP contribution >= 0.6 is 15.9 Å². The van der Waals surface area contributed by atoms with Gasteiger partial charge in [-0.15, -0.1) is 0 Å². The first-order chi connectivity index (χ1) is 13.7. The molecule has 4 aliphatic rings. The van der Waals surface area contributed by atoms with Gasteiger partial charge in [-0.25, -0.2) is 0 Å². The van der Waals surface area contributed by atoms with Gasteiger partial charge in [0.25, 0.3) is 0 Å². The van der Waals surface area contributed by atoms with Gasteiger partial charge in [0.05, 0.1) is 5.92 Å². The number of hydrogen-bond donors (Lipinski definition) is 1. The molecular weight excluding hydrogens is 412 g/mol. The molecule has 2 heterocycles. The largest absolute Gasteiger partial charge is 0.339 e. The summed E-state index contributed by atoms with van der Waals surface area (Å²) in [5, 5.41) is 3.62. The van der Waals surface area contributed by atoms with Crippen molar-refractivity contribution in [1.82, 2.24) is 10.2 Å². The number of amides is 1. The summed E-state index contributed by atoms with van der Waals surface area (Å²) in [5.41, 5.74) is 2.89. The maximum absolute atomic E-state index is 14.0. The van der Waals surface area contributed by atoms with E-state index in [2.05, 4.69) is 44.3 Å². The van der Waals surface area contributed by atoms with Gasteiger partial charge >= 0.3 is 0 Å². The van der Waals surface area contributed by atoms with Crippen LogP contribution in [0.3, 0.4) is 0 Å². The molecule has 0 aromatic heterocycles. The van der Waals surface area contributed by atoms with Crippen LogP contribution in [-0.4, -0.2) is 36.5 Å². The van der Waals surface area contributed by atoms with E-state index in [4.69, 9.17) is 0 Å². The topological polar surface area (TPSA) is 32.3 Å². The lowest BCUT2D eigenvalue weighted by Crippen LogP contribution is -2.53. The number of benzene rings is 1. The average Bonchev–Trinajstić information content (AvgIpc) is 3.33. The molecule has 0 radical (unpaired) electrons. The van der Waals surface area contributed by atoms with Gasteiger partial charge < -0.3 is 10.2 Å². The molecule has 3 nitrogen and oxygen atoms in total. The van der Waals surface area contributed by atoms with E-state index in [0.717, 1.165) is 42.9 Å². The molecule has 1 unspecified atom stereocenters. The second kappa shape index (κ2) is 7.75. The second-order valence-electron chi connectivity index (χ2n) is 9.63. The molecule has 3 fully saturated rings. The summed E-state index contributed by atoms with van der Waals surface area (Å²) in [6.45, 7) is 2.79. The number of piperidine rings is 1. The first kappa shape index (κ1) is 19.1. The molecule has 2 aliphatic heterocycles. The molecule has 28 heavy (non-hydrogen) atoms. The number of likely N-dealkylation sites (tertiary alicyclic amines) is 1. The SMILES string of the molecule is O=C([C@@H]1CNCC12CCc1cc(Br)ccc12)N1CCCC[C@H]1C1CCCCC1. The quantitative estimate of drug-likeness (QED) is 0.709. The summed E-state index contributed by atoms with van der Waals surface area (Å²) >= 11 is 3.63. The predicted molar refractivity (Wildman–Crippen MR) is 116 cm³/mol. The van der Waals surface area contributed by atoms with Gasteiger partial charge in [-0.2, -0.15) is 0 Å². The normalized spacial score (nSPS) is 33.4. The summed E-state index contributed by atoms with van der Waals surface area (Å²) in [7, 11) is 0. The van der Waals surface area contributed by atoms with Gasteiger partial charge in [0, 0.05) is 35.6 Å². The van der Waals surface area contributed by atoms with E-state index in [9.17, 15) is 4.79 Å². The van der Waals surface area contributed by atoms with E-state index in [1.807, 2.05) is 0 Å². The van der Waals surface area contributed by atoms with Crippen molar-refractivity contribution < 1.29 is 4.79 Å². The minimum absolute atomic E-state index is 0.0156. The van der Waals surface area contributed by atoms with Crippen LogP contribution in [-0.2, 0) is 16.6 Å². The molecule has 1 amide bonds. The highest BCUT2D eigenvalue weighted by atomic mass is 79.9. The van der Waals surface area contributed by atoms with Crippen LogP contribution in [0.25, 0.3) is 0 Å². The lowest BCUT2D eigenvalue weighted by molar-refractivity contribution is -0.142. The number of hydrogen-bond acceptors (Lipinski definition) is 2. The Morgan fingerprint density at radius 3 is 2.79 bits per heavy atom. The minimum atomic E-state index is 0.0156. The van der Waals surface area contributed by atoms with Crippen molar-refractivity contribution >= 4 is 21.8 Å². The molecule has 1 aromatic rings. The molecular formula is C24H33BrN2O. The monoisotopic (exact) mass is 444 g/mol. The lowest BCUT2D eigenvalue weighted by atomic mass is 9.72. The number of aryl methyl sites for hydroxylation is 1. The number of carbonyl (C=O) groups is 1. The molecule has 1 saturated carbocycles. The predicted octanol–water partition coefficient (Wildman–Crippen LogP) is 4.81. The Morgan fingerprint density at radius 2 is 1.93 bits per heavy atom. The Hall–Kier alpha value is -0.870. The Morgan fingerprint density at radius 1 is 1.11 bits per heavy atom. The third kappa shape index (κ3) is 3.15. The summed E-state index contributed by atoms with van der Waals surface area (Å²) in [6.07, 6.45) is 12.7. The fraction of sp³-hybridized carbons (Fsp3) is 0.708. The summed E-state index contributed by atoms with van der Waals surface area (Å²) in [5.74, 6) is 1.31. The molecule has 5 rings (SSSR count). The van der Waals surface area contributed by atoms with E-state index < -0.39 is 0 Å². The Bertz CT molecular complexity index is 744. The van der Waals surface area contributed by atoms with Gasteiger partial charge in [0.2, 0.25) is 5.91 Å².